The Morgan fingerprint density at radius 1 is 1.00 bits per heavy atom. The Labute approximate surface area is 194 Å². The third kappa shape index (κ3) is 5.46. The van der Waals surface area contributed by atoms with Gasteiger partial charge in [0.1, 0.15) is 18.2 Å². The molecule has 0 atom stereocenters. The smallest absolute Gasteiger partial charge is 0.255 e. The largest absolute Gasteiger partial charge is 0.489 e. The van der Waals surface area contributed by atoms with Crippen LogP contribution in [0.1, 0.15) is 21.5 Å². The van der Waals surface area contributed by atoms with Gasteiger partial charge in [0.15, 0.2) is 0 Å². The first kappa shape index (κ1) is 21.9. The molecule has 1 N–H and O–H groups in total. The van der Waals surface area contributed by atoms with Gasteiger partial charge < -0.3 is 10.1 Å². The molecule has 0 unspecified atom stereocenters. The maximum absolute atomic E-state index is 12.9. The molecule has 0 saturated heterocycles. The highest BCUT2D eigenvalue weighted by Gasteiger charge is 2.10. The SMILES string of the molecule is O=C(Nc1cnn(Cc2c(Cl)cccc2Cl)c1)c1ccc(COc2ccc(F)cc2)cc1. The predicted molar refractivity (Wildman–Crippen MR) is 123 cm³/mol. The first-order valence-electron chi connectivity index (χ1n) is 9.72. The zero-order valence-electron chi connectivity index (χ0n) is 16.8. The van der Waals surface area contributed by atoms with Crippen molar-refractivity contribution in [2.45, 2.75) is 13.2 Å². The van der Waals surface area contributed by atoms with E-state index < -0.39 is 0 Å². The second-order valence-electron chi connectivity index (χ2n) is 7.02. The number of hydrogen-bond donors (Lipinski definition) is 1. The third-order valence-corrected chi connectivity index (χ3v) is 5.42. The van der Waals surface area contributed by atoms with E-state index in [1.807, 2.05) is 0 Å². The van der Waals surface area contributed by atoms with E-state index in [9.17, 15) is 9.18 Å². The number of nitrogens with one attached hydrogen (secondary N) is 1. The predicted octanol–water partition coefficient (Wildman–Crippen LogP) is 6.21. The summed E-state index contributed by atoms with van der Waals surface area (Å²) < 4.78 is 20.2. The summed E-state index contributed by atoms with van der Waals surface area (Å²) in [5.74, 6) is 0.000517. The van der Waals surface area contributed by atoms with Crippen molar-refractivity contribution in [3.05, 3.63) is 112 Å². The van der Waals surface area contributed by atoms with Gasteiger partial charge in [-0.3, -0.25) is 9.48 Å². The van der Waals surface area contributed by atoms with Crippen molar-refractivity contribution in [1.82, 2.24) is 9.78 Å². The van der Waals surface area contributed by atoms with E-state index >= 15 is 0 Å². The van der Waals surface area contributed by atoms with Crippen LogP contribution < -0.4 is 10.1 Å². The topological polar surface area (TPSA) is 56.2 Å². The van der Waals surface area contributed by atoms with Crippen molar-refractivity contribution in [2.24, 2.45) is 0 Å². The van der Waals surface area contributed by atoms with Crippen LogP contribution in [-0.4, -0.2) is 15.7 Å². The molecule has 1 amide bonds. The van der Waals surface area contributed by atoms with Gasteiger partial charge in [-0.25, -0.2) is 4.39 Å². The number of benzene rings is 3. The number of carbonyl (C=O) groups excluding carboxylic acids is 1. The highest BCUT2D eigenvalue weighted by Crippen LogP contribution is 2.25. The Bertz CT molecular complexity index is 1200. The summed E-state index contributed by atoms with van der Waals surface area (Å²) in [4.78, 5) is 12.6. The summed E-state index contributed by atoms with van der Waals surface area (Å²) >= 11 is 12.4. The fourth-order valence-electron chi connectivity index (χ4n) is 3.01. The van der Waals surface area contributed by atoms with Crippen LogP contribution >= 0.6 is 23.2 Å². The first-order chi connectivity index (χ1) is 15.5. The lowest BCUT2D eigenvalue weighted by Gasteiger charge is -2.08. The summed E-state index contributed by atoms with van der Waals surface area (Å²) in [6, 6.07) is 18.2. The molecule has 32 heavy (non-hydrogen) atoms. The molecule has 4 aromatic rings. The molecule has 0 bridgehead atoms. The van der Waals surface area contributed by atoms with Crippen LogP contribution in [0.4, 0.5) is 10.1 Å². The van der Waals surface area contributed by atoms with Crippen LogP contribution in [0.15, 0.2) is 79.1 Å². The minimum absolute atomic E-state index is 0.258. The normalized spacial score (nSPS) is 10.7. The molecule has 8 heteroatoms. The summed E-state index contributed by atoms with van der Waals surface area (Å²) in [5, 5.41) is 8.19. The molecular formula is C24H18Cl2FN3O2. The number of carbonyl (C=O) groups is 1. The quantitative estimate of drug-likeness (QED) is 0.350. The second-order valence-corrected chi connectivity index (χ2v) is 7.83. The minimum atomic E-state index is -0.314. The Morgan fingerprint density at radius 3 is 2.38 bits per heavy atom. The van der Waals surface area contributed by atoms with Crippen LogP contribution in [-0.2, 0) is 13.2 Å². The zero-order valence-corrected chi connectivity index (χ0v) is 18.3. The molecule has 0 saturated carbocycles. The van der Waals surface area contributed by atoms with Gasteiger partial charge in [-0.05, 0) is 54.1 Å². The minimum Gasteiger partial charge on any atom is -0.489 e. The molecule has 3 aromatic carbocycles. The number of ether oxygens (including phenoxy) is 1. The number of halogens is 3. The van der Waals surface area contributed by atoms with Crippen LogP contribution in [0.25, 0.3) is 0 Å². The van der Waals surface area contributed by atoms with Gasteiger partial charge in [0.25, 0.3) is 5.91 Å². The van der Waals surface area contributed by atoms with Crippen molar-refractivity contribution in [3.63, 3.8) is 0 Å². The summed E-state index contributed by atoms with van der Waals surface area (Å²) in [7, 11) is 0. The van der Waals surface area contributed by atoms with E-state index in [4.69, 9.17) is 27.9 Å². The molecule has 0 radical (unpaired) electrons. The fraction of sp³-hybridized carbons (Fsp3) is 0.0833. The van der Waals surface area contributed by atoms with Crippen LogP contribution in [0.3, 0.4) is 0 Å². The van der Waals surface area contributed by atoms with Gasteiger partial charge in [0.05, 0.1) is 18.4 Å². The molecule has 1 aromatic heterocycles. The lowest BCUT2D eigenvalue weighted by molar-refractivity contribution is 0.102. The Balaban J connectivity index is 1.34. The number of amides is 1. The average Bonchev–Trinajstić information content (AvgIpc) is 3.23. The average molecular weight is 470 g/mol. The number of hydrogen-bond acceptors (Lipinski definition) is 3. The van der Waals surface area contributed by atoms with Crippen LogP contribution in [0.2, 0.25) is 10.0 Å². The van der Waals surface area contributed by atoms with E-state index in [0.29, 0.717) is 40.2 Å². The highest BCUT2D eigenvalue weighted by molar-refractivity contribution is 6.35. The van der Waals surface area contributed by atoms with Gasteiger partial charge in [-0.1, -0.05) is 41.4 Å². The lowest BCUT2D eigenvalue weighted by atomic mass is 10.1. The monoisotopic (exact) mass is 469 g/mol. The fourth-order valence-corrected chi connectivity index (χ4v) is 3.53. The van der Waals surface area contributed by atoms with E-state index in [-0.39, 0.29) is 11.7 Å². The van der Waals surface area contributed by atoms with Crippen LogP contribution in [0.5, 0.6) is 5.75 Å². The number of aromatic nitrogens is 2. The van der Waals surface area contributed by atoms with E-state index in [1.165, 1.54) is 12.1 Å². The molecule has 0 aliphatic heterocycles. The zero-order chi connectivity index (χ0) is 22.5. The maximum Gasteiger partial charge on any atom is 0.255 e. The van der Waals surface area contributed by atoms with Gasteiger partial charge in [0, 0.05) is 27.4 Å². The Morgan fingerprint density at radius 2 is 1.69 bits per heavy atom. The summed E-state index contributed by atoms with van der Waals surface area (Å²) in [6.07, 6.45) is 3.27. The standard InChI is InChI=1S/C24H18Cl2FN3O2/c25-22-2-1-3-23(26)21(22)14-30-13-19(12-28-30)29-24(31)17-6-4-16(5-7-17)15-32-20-10-8-18(27)9-11-20/h1-13H,14-15H2,(H,29,31). The number of anilines is 1. The van der Waals surface area contributed by atoms with Crippen LogP contribution in [0, 0.1) is 5.82 Å². The molecule has 5 nitrogen and oxygen atoms in total. The molecule has 1 heterocycles. The van der Waals surface area contributed by atoms with E-state index in [2.05, 4.69) is 10.4 Å². The second kappa shape index (κ2) is 9.85. The van der Waals surface area contributed by atoms with E-state index in [1.54, 1.807) is 71.7 Å². The number of nitrogens with zero attached hydrogens (tertiary/aromatic N) is 2. The van der Waals surface area contributed by atoms with E-state index in [0.717, 1.165) is 11.1 Å². The highest BCUT2D eigenvalue weighted by atomic mass is 35.5. The Hall–Kier alpha value is -3.35. The van der Waals surface area contributed by atoms with Crippen molar-refractivity contribution in [1.29, 1.82) is 0 Å². The van der Waals surface area contributed by atoms with Gasteiger partial charge >= 0.3 is 0 Å². The van der Waals surface area contributed by atoms with Gasteiger partial charge in [-0.15, -0.1) is 0 Å². The molecule has 162 valence electrons. The summed E-state index contributed by atoms with van der Waals surface area (Å²) in [5.41, 5.74) is 2.70. The van der Waals surface area contributed by atoms with Crippen molar-refractivity contribution >= 4 is 34.8 Å². The number of rotatable bonds is 7. The summed E-state index contributed by atoms with van der Waals surface area (Å²) in [6.45, 7) is 0.696. The third-order valence-electron chi connectivity index (χ3n) is 4.71. The molecule has 0 aliphatic rings. The van der Waals surface area contributed by atoms with Crippen molar-refractivity contribution < 1.29 is 13.9 Å². The molecule has 0 spiro atoms. The molecule has 0 aliphatic carbocycles. The van der Waals surface area contributed by atoms with Gasteiger partial charge in [-0.2, -0.15) is 5.10 Å². The maximum atomic E-state index is 12.9. The molecule has 0 fully saturated rings. The first-order valence-corrected chi connectivity index (χ1v) is 10.5. The van der Waals surface area contributed by atoms with Crippen molar-refractivity contribution in [2.75, 3.05) is 5.32 Å². The van der Waals surface area contributed by atoms with Gasteiger partial charge in [0.2, 0.25) is 0 Å². The lowest BCUT2D eigenvalue weighted by Crippen LogP contribution is -2.11. The molecular weight excluding hydrogens is 452 g/mol. The Kier molecular flexibility index (Phi) is 6.73. The van der Waals surface area contributed by atoms with Crippen molar-refractivity contribution in [3.8, 4) is 5.75 Å². The molecule has 4 rings (SSSR count).